The molecule has 1 aliphatic rings. The highest BCUT2D eigenvalue weighted by Gasteiger charge is 2.15. The molecule has 0 aliphatic carbocycles. The van der Waals surface area contributed by atoms with Crippen molar-refractivity contribution in [2.24, 2.45) is 0 Å². The van der Waals surface area contributed by atoms with Gasteiger partial charge in [0.2, 0.25) is 5.91 Å². The second kappa shape index (κ2) is 5.33. The Hall–Kier alpha value is -2.36. The van der Waals surface area contributed by atoms with Gasteiger partial charge in [0.05, 0.1) is 6.33 Å². The third kappa shape index (κ3) is 2.50. The van der Waals surface area contributed by atoms with E-state index < -0.39 is 0 Å². The van der Waals surface area contributed by atoms with Crippen molar-refractivity contribution in [1.82, 2.24) is 9.55 Å². The van der Waals surface area contributed by atoms with Crippen LogP contribution in [0.25, 0.3) is 11.8 Å². The Morgan fingerprint density at radius 2 is 2.35 bits per heavy atom. The van der Waals surface area contributed by atoms with Crippen LogP contribution in [0.3, 0.4) is 0 Å². The van der Waals surface area contributed by atoms with E-state index in [-0.39, 0.29) is 5.91 Å². The number of carbonyl (C=O) groups excluding carboxylic acids is 1. The molecule has 0 atom stereocenters. The molecule has 1 aromatic carbocycles. The van der Waals surface area contributed by atoms with E-state index in [1.807, 2.05) is 16.8 Å². The SMILES string of the molecule is CCC(=Cn1ccnc1)c1ccc2c(c1)CCC(=O)N2. The van der Waals surface area contributed by atoms with E-state index in [1.165, 1.54) is 16.7 Å². The fraction of sp³-hybridized carbons (Fsp3) is 0.250. The molecule has 2 aromatic rings. The van der Waals surface area contributed by atoms with Gasteiger partial charge < -0.3 is 9.88 Å². The van der Waals surface area contributed by atoms with Crippen molar-refractivity contribution in [2.75, 3.05) is 5.32 Å². The first-order valence-corrected chi connectivity index (χ1v) is 6.87. The van der Waals surface area contributed by atoms with Gasteiger partial charge in [-0.05, 0) is 41.7 Å². The van der Waals surface area contributed by atoms with Crippen LogP contribution >= 0.6 is 0 Å². The third-order valence-corrected chi connectivity index (χ3v) is 3.58. The minimum absolute atomic E-state index is 0.106. The summed E-state index contributed by atoms with van der Waals surface area (Å²) in [5, 5.41) is 2.92. The van der Waals surface area contributed by atoms with Gasteiger partial charge in [-0.25, -0.2) is 4.98 Å². The smallest absolute Gasteiger partial charge is 0.224 e. The van der Waals surface area contributed by atoms with Crippen LogP contribution in [0.1, 0.15) is 30.9 Å². The lowest BCUT2D eigenvalue weighted by Gasteiger charge is -2.18. The van der Waals surface area contributed by atoms with E-state index >= 15 is 0 Å². The zero-order valence-corrected chi connectivity index (χ0v) is 11.5. The monoisotopic (exact) mass is 267 g/mol. The first-order chi connectivity index (χ1) is 9.76. The number of hydrogen-bond donors (Lipinski definition) is 1. The molecule has 2 heterocycles. The Morgan fingerprint density at radius 3 is 3.10 bits per heavy atom. The predicted molar refractivity (Wildman–Crippen MR) is 80.1 cm³/mol. The van der Waals surface area contributed by atoms with Gasteiger partial charge in [-0.3, -0.25) is 4.79 Å². The number of allylic oxidation sites excluding steroid dienone is 1. The van der Waals surface area contributed by atoms with Gasteiger partial charge in [-0.2, -0.15) is 0 Å². The molecule has 0 saturated carbocycles. The van der Waals surface area contributed by atoms with E-state index in [9.17, 15) is 4.79 Å². The normalized spacial score (nSPS) is 14.8. The molecule has 0 unspecified atom stereocenters. The van der Waals surface area contributed by atoms with Crippen molar-refractivity contribution in [2.45, 2.75) is 26.2 Å². The Bertz CT molecular complexity index is 656. The minimum Gasteiger partial charge on any atom is -0.326 e. The lowest BCUT2D eigenvalue weighted by atomic mass is 9.96. The summed E-state index contributed by atoms with van der Waals surface area (Å²) in [6.07, 6.45) is 9.91. The van der Waals surface area contributed by atoms with Crippen molar-refractivity contribution >= 4 is 23.4 Å². The number of nitrogens with zero attached hydrogens (tertiary/aromatic N) is 2. The summed E-state index contributed by atoms with van der Waals surface area (Å²) >= 11 is 0. The fourth-order valence-electron chi connectivity index (χ4n) is 2.48. The van der Waals surface area contributed by atoms with Crippen molar-refractivity contribution in [3.8, 4) is 0 Å². The quantitative estimate of drug-likeness (QED) is 0.928. The molecule has 0 bridgehead atoms. The van der Waals surface area contributed by atoms with Crippen LogP contribution in [0.15, 0.2) is 36.9 Å². The lowest BCUT2D eigenvalue weighted by Crippen LogP contribution is -2.18. The molecule has 20 heavy (non-hydrogen) atoms. The summed E-state index contributed by atoms with van der Waals surface area (Å²) in [5.74, 6) is 0.106. The van der Waals surface area contributed by atoms with E-state index in [1.54, 1.807) is 12.5 Å². The van der Waals surface area contributed by atoms with Gasteiger partial charge in [-0.1, -0.05) is 13.0 Å². The average Bonchev–Trinajstić information content (AvgIpc) is 2.97. The van der Waals surface area contributed by atoms with Gasteiger partial charge in [0.15, 0.2) is 0 Å². The Kier molecular flexibility index (Phi) is 3.37. The molecule has 3 rings (SSSR count). The molecule has 0 radical (unpaired) electrons. The Balaban J connectivity index is 1.95. The molecule has 0 saturated heterocycles. The molecule has 0 spiro atoms. The number of carbonyl (C=O) groups is 1. The number of rotatable bonds is 3. The predicted octanol–water partition coefficient (Wildman–Crippen LogP) is 3.18. The maximum Gasteiger partial charge on any atom is 0.224 e. The molecule has 102 valence electrons. The van der Waals surface area contributed by atoms with E-state index in [4.69, 9.17) is 0 Å². The highest BCUT2D eigenvalue weighted by molar-refractivity contribution is 5.94. The zero-order chi connectivity index (χ0) is 13.9. The second-order valence-electron chi connectivity index (χ2n) is 4.94. The summed E-state index contributed by atoms with van der Waals surface area (Å²) in [6.45, 7) is 2.14. The molecule has 0 fully saturated rings. The lowest BCUT2D eigenvalue weighted by molar-refractivity contribution is -0.116. The van der Waals surface area contributed by atoms with Crippen LogP contribution in [0.2, 0.25) is 0 Å². The number of benzene rings is 1. The molecule has 1 amide bonds. The molecule has 1 aliphatic heterocycles. The number of anilines is 1. The first-order valence-electron chi connectivity index (χ1n) is 6.87. The van der Waals surface area contributed by atoms with Gasteiger partial charge in [-0.15, -0.1) is 0 Å². The number of nitrogens with one attached hydrogen (secondary N) is 1. The Labute approximate surface area is 118 Å². The topological polar surface area (TPSA) is 46.9 Å². The number of aryl methyl sites for hydroxylation is 1. The molecule has 4 heteroatoms. The van der Waals surface area contributed by atoms with Crippen LogP contribution in [0, 0.1) is 0 Å². The number of fused-ring (bicyclic) bond motifs is 1. The van der Waals surface area contributed by atoms with E-state index in [0.29, 0.717) is 6.42 Å². The van der Waals surface area contributed by atoms with Gasteiger partial charge in [0.25, 0.3) is 0 Å². The molecular formula is C16H17N3O. The molecule has 1 N–H and O–H groups in total. The fourth-order valence-corrected chi connectivity index (χ4v) is 2.48. The number of aromatic nitrogens is 2. The van der Waals surface area contributed by atoms with Crippen molar-refractivity contribution in [3.63, 3.8) is 0 Å². The van der Waals surface area contributed by atoms with Crippen LogP contribution < -0.4 is 5.32 Å². The van der Waals surface area contributed by atoms with Gasteiger partial charge in [0, 0.05) is 30.7 Å². The van der Waals surface area contributed by atoms with Crippen LogP contribution in [0.4, 0.5) is 5.69 Å². The van der Waals surface area contributed by atoms with Crippen LogP contribution in [-0.2, 0) is 11.2 Å². The minimum atomic E-state index is 0.106. The molecular weight excluding hydrogens is 250 g/mol. The first kappa shape index (κ1) is 12.7. The summed E-state index contributed by atoms with van der Waals surface area (Å²) in [5.41, 5.74) is 4.62. The van der Waals surface area contributed by atoms with Crippen molar-refractivity contribution in [1.29, 1.82) is 0 Å². The summed E-state index contributed by atoms with van der Waals surface area (Å²) < 4.78 is 1.96. The van der Waals surface area contributed by atoms with E-state index in [2.05, 4.69) is 35.6 Å². The van der Waals surface area contributed by atoms with Crippen LogP contribution in [-0.4, -0.2) is 15.5 Å². The average molecular weight is 267 g/mol. The van der Waals surface area contributed by atoms with Gasteiger partial charge >= 0.3 is 0 Å². The molecule has 1 aromatic heterocycles. The van der Waals surface area contributed by atoms with Crippen molar-refractivity contribution < 1.29 is 4.79 Å². The summed E-state index contributed by atoms with van der Waals surface area (Å²) in [4.78, 5) is 15.4. The van der Waals surface area contributed by atoms with Crippen LogP contribution in [0.5, 0.6) is 0 Å². The molecule has 4 nitrogen and oxygen atoms in total. The third-order valence-electron chi connectivity index (χ3n) is 3.58. The number of hydrogen-bond acceptors (Lipinski definition) is 2. The van der Waals surface area contributed by atoms with E-state index in [0.717, 1.165) is 18.5 Å². The summed E-state index contributed by atoms with van der Waals surface area (Å²) in [7, 11) is 0. The highest BCUT2D eigenvalue weighted by atomic mass is 16.1. The maximum atomic E-state index is 11.4. The Morgan fingerprint density at radius 1 is 1.45 bits per heavy atom. The standard InChI is InChI=1S/C16H17N3O/c1-2-12(10-19-8-7-17-11-19)13-3-5-15-14(9-13)4-6-16(20)18-15/h3,5,7-11H,2,4,6H2,1H3,(H,18,20). The zero-order valence-electron chi connectivity index (χ0n) is 11.5. The van der Waals surface area contributed by atoms with Crippen molar-refractivity contribution in [3.05, 3.63) is 48.0 Å². The van der Waals surface area contributed by atoms with Gasteiger partial charge in [0.1, 0.15) is 0 Å². The number of imidazole rings is 1. The summed E-state index contributed by atoms with van der Waals surface area (Å²) in [6, 6.07) is 6.25. The second-order valence-corrected chi connectivity index (χ2v) is 4.94. The highest BCUT2D eigenvalue weighted by Crippen LogP contribution is 2.28. The largest absolute Gasteiger partial charge is 0.326 e. The maximum absolute atomic E-state index is 11.4. The number of amides is 1.